The van der Waals surface area contributed by atoms with Crippen molar-refractivity contribution >= 4 is 25.3 Å². The lowest BCUT2D eigenvalue weighted by Crippen LogP contribution is -1.90. The summed E-state index contributed by atoms with van der Waals surface area (Å²) in [5, 5.41) is 0.315. The van der Waals surface area contributed by atoms with Crippen molar-refractivity contribution in [3.05, 3.63) is 6.92 Å². The molecule has 0 aliphatic heterocycles. The van der Waals surface area contributed by atoms with E-state index < -0.39 is 0 Å². The highest BCUT2D eigenvalue weighted by Gasteiger charge is 1.91. The molecule has 0 heterocycles. The fourth-order valence-electron chi connectivity index (χ4n) is 0.492. The topological polar surface area (TPSA) is 0 Å². The van der Waals surface area contributed by atoms with Gasteiger partial charge in [0.15, 0.2) is 0 Å². The Kier molecular flexibility index (Phi) is 6.34. The van der Waals surface area contributed by atoms with Crippen molar-refractivity contribution in [3.63, 3.8) is 0 Å². The summed E-state index contributed by atoms with van der Waals surface area (Å²) in [4.78, 5) is 0. The van der Waals surface area contributed by atoms with Crippen molar-refractivity contribution < 1.29 is 0 Å². The molecule has 0 aromatic rings. The van der Waals surface area contributed by atoms with Gasteiger partial charge in [-0.1, -0.05) is 6.42 Å². The summed E-state index contributed by atoms with van der Waals surface area (Å²) in [7, 11) is 0. The van der Waals surface area contributed by atoms with E-state index >= 15 is 0 Å². The van der Waals surface area contributed by atoms with Gasteiger partial charge in [-0.3, -0.25) is 0 Å². The summed E-state index contributed by atoms with van der Waals surface area (Å²) in [6, 6.07) is 0. The van der Waals surface area contributed by atoms with Crippen molar-refractivity contribution in [2.75, 3.05) is 5.75 Å². The Morgan fingerprint density at radius 1 is 1.38 bits per heavy atom. The van der Waals surface area contributed by atoms with E-state index in [9.17, 15) is 0 Å². The van der Waals surface area contributed by atoms with Crippen molar-refractivity contribution in [2.24, 2.45) is 0 Å². The summed E-state index contributed by atoms with van der Waals surface area (Å²) in [6.45, 7) is 3.75. The van der Waals surface area contributed by atoms with E-state index in [1.807, 2.05) is 0 Å². The average Bonchev–Trinajstić information content (AvgIpc) is 1.66. The molecule has 0 nitrogen and oxygen atoms in total. The van der Waals surface area contributed by atoms with Gasteiger partial charge in [0.25, 0.3) is 0 Å². The molecule has 2 heteroatoms. The number of rotatable bonds is 4. The van der Waals surface area contributed by atoms with Crippen LogP contribution in [0.5, 0.6) is 0 Å². The molecule has 1 radical (unpaired) electrons. The molecule has 0 bridgehead atoms. The second kappa shape index (κ2) is 5.83. The van der Waals surface area contributed by atoms with Gasteiger partial charge in [-0.15, -0.1) is 0 Å². The molecule has 0 fully saturated rings. The molecule has 0 saturated carbocycles. The third kappa shape index (κ3) is 6.70. The lowest BCUT2D eigenvalue weighted by Gasteiger charge is -1.99. The van der Waals surface area contributed by atoms with E-state index in [1.165, 1.54) is 12.8 Å². The minimum atomic E-state index is 0.315. The van der Waals surface area contributed by atoms with E-state index in [4.69, 9.17) is 0 Å². The summed E-state index contributed by atoms with van der Waals surface area (Å²) in [5.74, 6) is 0.987. The summed E-state index contributed by atoms with van der Waals surface area (Å²) >= 11 is 8.21. The van der Waals surface area contributed by atoms with Crippen LogP contribution >= 0.6 is 25.3 Å². The molecule has 0 N–H and O–H groups in total. The molecule has 0 spiro atoms. The molecule has 0 aromatic heterocycles. The zero-order valence-electron chi connectivity index (χ0n) is 5.01. The normalized spacial score (nSPS) is 13.9. The largest absolute Gasteiger partial charge is 0.179 e. The van der Waals surface area contributed by atoms with Crippen LogP contribution < -0.4 is 0 Å². The van der Waals surface area contributed by atoms with Crippen LogP contribution in [-0.2, 0) is 0 Å². The highest BCUT2D eigenvalue weighted by molar-refractivity contribution is 7.81. The van der Waals surface area contributed by atoms with Gasteiger partial charge in [0.05, 0.1) is 0 Å². The van der Waals surface area contributed by atoms with Crippen LogP contribution in [0.25, 0.3) is 0 Å². The summed E-state index contributed by atoms with van der Waals surface area (Å²) in [6.07, 6.45) is 3.51. The Hall–Kier alpha value is 0.700. The predicted octanol–water partition coefficient (Wildman–Crippen LogP) is 2.22. The molecule has 8 heavy (non-hydrogen) atoms. The number of thiol groups is 2. The maximum absolute atomic E-state index is 4.13. The standard InChI is InChI=1S/C6H13S2/c1-6(8)4-2-3-5-7/h6-8H,1-5H2. The van der Waals surface area contributed by atoms with Crippen LogP contribution in [0.15, 0.2) is 0 Å². The van der Waals surface area contributed by atoms with Gasteiger partial charge in [0.2, 0.25) is 0 Å². The van der Waals surface area contributed by atoms with Crippen molar-refractivity contribution in [1.82, 2.24) is 0 Å². The first-order chi connectivity index (χ1) is 3.77. The third-order valence-electron chi connectivity index (χ3n) is 0.945. The first kappa shape index (κ1) is 8.70. The Bertz CT molecular complexity index is 43.8. The van der Waals surface area contributed by atoms with E-state index in [-0.39, 0.29) is 0 Å². The minimum Gasteiger partial charge on any atom is -0.179 e. The van der Waals surface area contributed by atoms with Crippen LogP contribution in [0.4, 0.5) is 0 Å². The molecule has 0 aliphatic rings. The highest BCUT2D eigenvalue weighted by Crippen LogP contribution is 2.05. The van der Waals surface area contributed by atoms with E-state index in [1.54, 1.807) is 0 Å². The Labute approximate surface area is 62.9 Å². The molecule has 1 unspecified atom stereocenters. The number of hydrogen-bond acceptors (Lipinski definition) is 2. The lowest BCUT2D eigenvalue weighted by molar-refractivity contribution is 0.745. The average molecular weight is 149 g/mol. The van der Waals surface area contributed by atoms with Crippen molar-refractivity contribution in [1.29, 1.82) is 0 Å². The number of hydrogen-bond donors (Lipinski definition) is 2. The van der Waals surface area contributed by atoms with Crippen molar-refractivity contribution in [3.8, 4) is 0 Å². The predicted molar refractivity (Wildman–Crippen MR) is 45.8 cm³/mol. The van der Waals surface area contributed by atoms with E-state index in [2.05, 4.69) is 32.2 Å². The first-order valence-corrected chi connectivity index (χ1v) is 4.04. The van der Waals surface area contributed by atoms with Crippen LogP contribution in [-0.4, -0.2) is 11.0 Å². The van der Waals surface area contributed by atoms with Gasteiger partial charge in [-0.2, -0.15) is 25.3 Å². The molecular formula is C6H13S2. The maximum Gasteiger partial charge on any atom is 0.00172 e. The quantitative estimate of drug-likeness (QED) is 0.444. The molecular weight excluding hydrogens is 136 g/mol. The fraction of sp³-hybridized carbons (Fsp3) is 0.833. The van der Waals surface area contributed by atoms with Gasteiger partial charge < -0.3 is 0 Å². The molecule has 49 valence electrons. The van der Waals surface area contributed by atoms with Crippen LogP contribution in [0.2, 0.25) is 0 Å². The summed E-state index contributed by atoms with van der Waals surface area (Å²) < 4.78 is 0. The molecule has 0 saturated heterocycles. The maximum atomic E-state index is 4.13. The van der Waals surface area contributed by atoms with Crippen molar-refractivity contribution in [2.45, 2.75) is 24.5 Å². The zero-order valence-corrected chi connectivity index (χ0v) is 6.80. The van der Waals surface area contributed by atoms with Crippen LogP contribution in [0, 0.1) is 6.92 Å². The minimum absolute atomic E-state index is 0.315. The first-order valence-electron chi connectivity index (χ1n) is 2.89. The molecule has 0 aromatic carbocycles. The van der Waals surface area contributed by atoms with Crippen LogP contribution in [0.1, 0.15) is 19.3 Å². The van der Waals surface area contributed by atoms with Gasteiger partial charge in [-0.25, -0.2) is 0 Å². The SMILES string of the molecule is [CH2]C(S)CCCCS. The molecule has 0 aliphatic carbocycles. The summed E-state index contributed by atoms with van der Waals surface area (Å²) in [5.41, 5.74) is 0. The van der Waals surface area contributed by atoms with E-state index in [0.717, 1.165) is 12.2 Å². The molecule has 0 rings (SSSR count). The molecule has 1 atom stereocenters. The Morgan fingerprint density at radius 2 is 2.00 bits per heavy atom. The smallest absolute Gasteiger partial charge is 0.00172 e. The van der Waals surface area contributed by atoms with Gasteiger partial charge in [0, 0.05) is 5.25 Å². The highest BCUT2D eigenvalue weighted by atomic mass is 32.1. The second-order valence-electron chi connectivity index (χ2n) is 1.87. The Morgan fingerprint density at radius 3 is 2.38 bits per heavy atom. The number of unbranched alkanes of at least 4 members (excludes halogenated alkanes) is 1. The fourth-order valence-corrected chi connectivity index (χ4v) is 0.898. The van der Waals surface area contributed by atoms with Gasteiger partial charge in [0.1, 0.15) is 0 Å². The third-order valence-corrected chi connectivity index (χ3v) is 1.52. The molecule has 0 amide bonds. The second-order valence-corrected chi connectivity index (χ2v) is 3.05. The lowest BCUT2D eigenvalue weighted by atomic mass is 10.2. The van der Waals surface area contributed by atoms with Crippen LogP contribution in [0.3, 0.4) is 0 Å². The monoisotopic (exact) mass is 149 g/mol. The van der Waals surface area contributed by atoms with Gasteiger partial charge >= 0.3 is 0 Å². The Balaban J connectivity index is 2.72. The van der Waals surface area contributed by atoms with Gasteiger partial charge in [-0.05, 0) is 25.5 Å². The zero-order chi connectivity index (χ0) is 6.41. The van der Waals surface area contributed by atoms with E-state index in [0.29, 0.717) is 5.25 Å².